The third-order valence-electron chi connectivity index (χ3n) is 4.09. The second-order valence-corrected chi connectivity index (χ2v) is 6.23. The van der Waals surface area contributed by atoms with Crippen LogP contribution in [-0.4, -0.2) is 31.7 Å². The summed E-state index contributed by atoms with van der Waals surface area (Å²) in [6.45, 7) is 3.60. The Morgan fingerprint density at radius 1 is 1.04 bits per heavy atom. The van der Waals surface area contributed by atoms with Crippen molar-refractivity contribution < 1.29 is 19.1 Å². The zero-order valence-corrected chi connectivity index (χ0v) is 16.5. The fraction of sp³-hybridized carbons (Fsp3) is 0.286. The van der Waals surface area contributed by atoms with Gasteiger partial charge in [-0.1, -0.05) is 30.3 Å². The van der Waals surface area contributed by atoms with E-state index in [2.05, 4.69) is 15.8 Å². The van der Waals surface area contributed by atoms with Crippen LogP contribution in [0.4, 0.5) is 0 Å². The predicted octanol–water partition coefficient (Wildman–Crippen LogP) is 3.08. The van der Waals surface area contributed by atoms with Crippen molar-refractivity contribution in [3.63, 3.8) is 0 Å². The van der Waals surface area contributed by atoms with Crippen LogP contribution >= 0.6 is 0 Å². The number of ether oxygens (including phenoxy) is 2. The molecule has 2 amide bonds. The van der Waals surface area contributed by atoms with E-state index >= 15 is 0 Å². The van der Waals surface area contributed by atoms with Gasteiger partial charge in [-0.15, -0.1) is 0 Å². The number of benzene rings is 2. The number of carbonyl (C=O) groups excluding carboxylic acids is 2. The first-order chi connectivity index (χ1) is 13.4. The minimum absolute atomic E-state index is 0.0867. The smallest absolute Gasteiger partial charge is 0.271 e. The Hall–Kier alpha value is -3.35. The fourth-order valence-corrected chi connectivity index (χ4v) is 2.58. The molecule has 0 radical (unpaired) electrons. The number of hydrazone groups is 1. The lowest BCUT2D eigenvalue weighted by Crippen LogP contribution is -2.28. The second-order valence-electron chi connectivity index (χ2n) is 6.23. The minimum Gasteiger partial charge on any atom is -0.493 e. The third-order valence-corrected chi connectivity index (χ3v) is 4.09. The van der Waals surface area contributed by atoms with E-state index in [1.807, 2.05) is 37.3 Å². The summed E-state index contributed by atoms with van der Waals surface area (Å²) in [7, 11) is 3.02. The highest BCUT2D eigenvalue weighted by atomic mass is 16.5. The lowest BCUT2D eigenvalue weighted by atomic mass is 10.1. The summed E-state index contributed by atoms with van der Waals surface area (Å²) >= 11 is 0. The molecule has 0 spiro atoms. The van der Waals surface area contributed by atoms with E-state index in [4.69, 9.17) is 9.47 Å². The van der Waals surface area contributed by atoms with Gasteiger partial charge in [0, 0.05) is 11.3 Å². The van der Waals surface area contributed by atoms with Crippen LogP contribution in [0.15, 0.2) is 53.6 Å². The van der Waals surface area contributed by atoms with E-state index in [1.54, 1.807) is 25.1 Å². The molecular weight excluding hydrogens is 358 g/mol. The zero-order valence-electron chi connectivity index (χ0n) is 16.5. The molecule has 0 saturated heterocycles. The van der Waals surface area contributed by atoms with E-state index in [-0.39, 0.29) is 18.4 Å². The fourth-order valence-electron chi connectivity index (χ4n) is 2.58. The van der Waals surface area contributed by atoms with Gasteiger partial charge >= 0.3 is 0 Å². The van der Waals surface area contributed by atoms with Crippen LogP contribution in [0.5, 0.6) is 11.5 Å². The van der Waals surface area contributed by atoms with Gasteiger partial charge in [0.05, 0.1) is 26.7 Å². The van der Waals surface area contributed by atoms with Crippen molar-refractivity contribution in [3.8, 4) is 11.5 Å². The van der Waals surface area contributed by atoms with Gasteiger partial charge < -0.3 is 14.8 Å². The van der Waals surface area contributed by atoms with Gasteiger partial charge in [-0.05, 0) is 37.6 Å². The number of carbonyl (C=O) groups is 2. The highest BCUT2D eigenvalue weighted by molar-refractivity contribution is 6.01. The molecule has 1 atom stereocenters. The Morgan fingerprint density at radius 3 is 2.36 bits per heavy atom. The second kappa shape index (κ2) is 10.1. The SMILES string of the molecule is COc1ccc(C(=O)N/N=C(/C)CC(=O)N[C@H](C)c2ccccc2)cc1OC. The van der Waals surface area contributed by atoms with Gasteiger partial charge in [-0.25, -0.2) is 5.43 Å². The number of hydrogen-bond acceptors (Lipinski definition) is 5. The molecule has 0 fully saturated rings. The summed E-state index contributed by atoms with van der Waals surface area (Å²) < 4.78 is 10.3. The van der Waals surface area contributed by atoms with E-state index in [1.165, 1.54) is 14.2 Å². The number of rotatable bonds is 8. The van der Waals surface area contributed by atoms with Crippen LogP contribution in [0.3, 0.4) is 0 Å². The highest BCUT2D eigenvalue weighted by Crippen LogP contribution is 2.27. The number of nitrogens with one attached hydrogen (secondary N) is 2. The van der Waals surface area contributed by atoms with Gasteiger partial charge in [-0.3, -0.25) is 9.59 Å². The summed E-state index contributed by atoms with van der Waals surface area (Å²) in [6, 6.07) is 14.4. The van der Waals surface area contributed by atoms with Crippen molar-refractivity contribution in [1.29, 1.82) is 0 Å². The van der Waals surface area contributed by atoms with Crippen molar-refractivity contribution in [2.75, 3.05) is 14.2 Å². The molecule has 2 rings (SSSR count). The maximum Gasteiger partial charge on any atom is 0.271 e. The summed E-state index contributed by atoms with van der Waals surface area (Å²) in [5.74, 6) is 0.407. The molecule has 7 heteroatoms. The summed E-state index contributed by atoms with van der Waals surface area (Å²) in [4.78, 5) is 24.4. The van der Waals surface area contributed by atoms with Crippen LogP contribution in [0, 0.1) is 0 Å². The number of amides is 2. The molecule has 148 valence electrons. The first-order valence-corrected chi connectivity index (χ1v) is 8.84. The topological polar surface area (TPSA) is 89.0 Å². The average molecular weight is 383 g/mol. The van der Waals surface area contributed by atoms with Gasteiger partial charge in [0.15, 0.2) is 11.5 Å². The van der Waals surface area contributed by atoms with Crippen molar-refractivity contribution >= 4 is 17.5 Å². The predicted molar refractivity (Wildman–Crippen MR) is 108 cm³/mol. The third kappa shape index (κ3) is 5.84. The van der Waals surface area contributed by atoms with Crippen LogP contribution < -0.4 is 20.2 Å². The number of methoxy groups -OCH3 is 2. The maximum absolute atomic E-state index is 12.3. The van der Waals surface area contributed by atoms with Crippen LogP contribution in [-0.2, 0) is 4.79 Å². The summed E-state index contributed by atoms with van der Waals surface area (Å²) in [5, 5.41) is 6.91. The normalized spacial score (nSPS) is 12.1. The molecule has 0 heterocycles. The van der Waals surface area contributed by atoms with Gasteiger partial charge in [0.25, 0.3) is 5.91 Å². The van der Waals surface area contributed by atoms with Gasteiger partial charge in [0.2, 0.25) is 5.91 Å². The van der Waals surface area contributed by atoms with Crippen LogP contribution in [0.1, 0.15) is 42.2 Å². The van der Waals surface area contributed by atoms with Gasteiger partial charge in [0.1, 0.15) is 0 Å². The largest absolute Gasteiger partial charge is 0.493 e. The molecule has 0 bridgehead atoms. The summed E-state index contributed by atoms with van der Waals surface area (Å²) in [6.07, 6.45) is 0.0867. The summed E-state index contributed by atoms with van der Waals surface area (Å²) in [5.41, 5.74) is 4.33. The molecule has 2 aromatic carbocycles. The molecule has 0 saturated carbocycles. The molecule has 2 aromatic rings. The van der Waals surface area contributed by atoms with Crippen molar-refractivity contribution in [3.05, 3.63) is 59.7 Å². The molecule has 0 aromatic heterocycles. The van der Waals surface area contributed by atoms with Crippen molar-refractivity contribution in [2.45, 2.75) is 26.3 Å². The quantitative estimate of drug-likeness (QED) is 0.542. The Morgan fingerprint density at radius 2 is 1.71 bits per heavy atom. The molecule has 0 unspecified atom stereocenters. The van der Waals surface area contributed by atoms with Crippen LogP contribution in [0.25, 0.3) is 0 Å². The standard InChI is InChI=1S/C21H25N3O4/c1-14(12-20(25)22-15(2)16-8-6-5-7-9-16)23-24-21(26)17-10-11-18(27-3)19(13-17)28-4/h5-11,13,15H,12H2,1-4H3,(H,22,25)(H,24,26)/b23-14-/t15-/m1/s1. The maximum atomic E-state index is 12.3. The highest BCUT2D eigenvalue weighted by Gasteiger charge is 2.12. The number of hydrogen-bond donors (Lipinski definition) is 2. The molecule has 7 nitrogen and oxygen atoms in total. The Bertz CT molecular complexity index is 850. The van der Waals surface area contributed by atoms with Crippen LogP contribution in [0.2, 0.25) is 0 Å². The average Bonchev–Trinajstić information content (AvgIpc) is 2.71. The molecule has 0 aliphatic heterocycles. The monoisotopic (exact) mass is 383 g/mol. The van der Waals surface area contributed by atoms with E-state index in [0.717, 1.165) is 5.56 Å². The molecular formula is C21H25N3O4. The first-order valence-electron chi connectivity index (χ1n) is 8.84. The zero-order chi connectivity index (χ0) is 20.5. The Labute approximate surface area is 164 Å². The van der Waals surface area contributed by atoms with Gasteiger partial charge in [-0.2, -0.15) is 5.10 Å². The molecule has 0 aliphatic carbocycles. The van der Waals surface area contributed by atoms with Crippen molar-refractivity contribution in [2.24, 2.45) is 5.10 Å². The minimum atomic E-state index is -0.404. The molecule has 0 aliphatic rings. The molecule has 2 N–H and O–H groups in total. The lowest BCUT2D eigenvalue weighted by molar-refractivity contribution is -0.120. The van der Waals surface area contributed by atoms with E-state index < -0.39 is 5.91 Å². The van der Waals surface area contributed by atoms with Crippen molar-refractivity contribution in [1.82, 2.24) is 10.7 Å². The number of nitrogens with zero attached hydrogens (tertiary/aromatic N) is 1. The Kier molecular flexibility index (Phi) is 7.56. The lowest BCUT2D eigenvalue weighted by Gasteiger charge is -2.14. The Balaban J connectivity index is 1.91. The van der Waals surface area contributed by atoms with E-state index in [9.17, 15) is 9.59 Å². The van der Waals surface area contributed by atoms with E-state index in [0.29, 0.717) is 22.8 Å². The first kappa shape index (κ1) is 21.0. The molecule has 28 heavy (non-hydrogen) atoms.